The fourth-order valence-electron chi connectivity index (χ4n) is 4.72. The molecular formula is C25H30N4S. The number of anilines is 1. The third-order valence-electron chi connectivity index (χ3n) is 6.23. The highest BCUT2D eigenvalue weighted by Crippen LogP contribution is 2.43. The van der Waals surface area contributed by atoms with Crippen molar-refractivity contribution in [3.63, 3.8) is 0 Å². The Bertz CT molecular complexity index is 1080. The number of thiocarbonyl (C=S) groups is 1. The maximum atomic E-state index is 5.87. The predicted octanol–water partition coefficient (Wildman–Crippen LogP) is 5.87. The zero-order chi connectivity index (χ0) is 21.6. The second-order valence-electron chi connectivity index (χ2n) is 8.56. The average molecular weight is 419 g/mol. The molecule has 0 unspecified atom stereocenters. The molecule has 3 aromatic rings. The maximum Gasteiger partial charge on any atom is 0.174 e. The highest BCUT2D eigenvalue weighted by atomic mass is 32.1. The zero-order valence-electron chi connectivity index (χ0n) is 18.6. The third kappa shape index (κ3) is 3.41. The van der Waals surface area contributed by atoms with Gasteiger partial charge in [0, 0.05) is 29.3 Å². The van der Waals surface area contributed by atoms with Crippen LogP contribution in [0.3, 0.4) is 0 Å². The molecule has 2 atom stereocenters. The molecule has 1 saturated heterocycles. The first-order valence-corrected chi connectivity index (χ1v) is 11.0. The van der Waals surface area contributed by atoms with Gasteiger partial charge in [0.25, 0.3) is 0 Å². The lowest BCUT2D eigenvalue weighted by molar-refractivity contribution is 0.547. The van der Waals surface area contributed by atoms with Gasteiger partial charge in [-0.05, 0) is 101 Å². The molecule has 1 aliphatic rings. The van der Waals surface area contributed by atoms with Gasteiger partial charge in [0.1, 0.15) is 0 Å². The highest BCUT2D eigenvalue weighted by molar-refractivity contribution is 7.80. The molecule has 1 N–H and O–H groups in total. The van der Waals surface area contributed by atoms with Crippen LogP contribution in [0.2, 0.25) is 0 Å². The Morgan fingerprint density at radius 2 is 1.77 bits per heavy atom. The van der Waals surface area contributed by atoms with E-state index < -0.39 is 0 Å². The number of rotatable bonds is 4. The molecule has 156 valence electrons. The number of benzene rings is 1. The van der Waals surface area contributed by atoms with Crippen molar-refractivity contribution < 1.29 is 0 Å². The highest BCUT2D eigenvalue weighted by Gasteiger charge is 2.42. The number of pyridine rings is 1. The van der Waals surface area contributed by atoms with E-state index in [2.05, 4.69) is 91.6 Å². The Kier molecular flexibility index (Phi) is 5.41. The van der Waals surface area contributed by atoms with E-state index >= 15 is 0 Å². The lowest BCUT2D eigenvalue weighted by Gasteiger charge is -2.29. The standard InChI is InChI=1S/C25H30N4S/c1-15(2)28-18(5)14-21(19(28)6)24-23(22-9-7-8-12-26-22)27-25(30)29(24)20-11-10-16(3)17(4)13-20/h7-15,23-24H,1-6H3,(H,27,30)/t23-,24+/m1/s1. The molecule has 0 radical (unpaired) electrons. The van der Waals surface area contributed by atoms with Crippen LogP contribution in [0.15, 0.2) is 48.7 Å². The predicted molar refractivity (Wildman–Crippen MR) is 128 cm³/mol. The summed E-state index contributed by atoms with van der Waals surface area (Å²) >= 11 is 5.87. The third-order valence-corrected chi connectivity index (χ3v) is 6.54. The SMILES string of the molecule is Cc1ccc(N2C(=S)N[C@H](c3ccccn3)[C@@H]2c2cc(C)n(C(C)C)c2C)cc1C. The fraction of sp³-hybridized carbons (Fsp3) is 0.360. The molecule has 1 fully saturated rings. The van der Waals surface area contributed by atoms with Gasteiger partial charge in [-0.1, -0.05) is 12.1 Å². The molecule has 1 aromatic carbocycles. The van der Waals surface area contributed by atoms with Crippen LogP contribution in [-0.2, 0) is 0 Å². The molecule has 3 heterocycles. The van der Waals surface area contributed by atoms with Crippen LogP contribution < -0.4 is 10.2 Å². The van der Waals surface area contributed by atoms with Crippen molar-refractivity contribution in [2.75, 3.05) is 4.90 Å². The largest absolute Gasteiger partial charge is 0.351 e. The molecule has 0 saturated carbocycles. The molecule has 5 heteroatoms. The van der Waals surface area contributed by atoms with E-state index in [1.165, 1.54) is 28.1 Å². The van der Waals surface area contributed by atoms with Gasteiger partial charge < -0.3 is 14.8 Å². The molecule has 0 bridgehead atoms. The maximum absolute atomic E-state index is 5.87. The van der Waals surface area contributed by atoms with E-state index in [1.54, 1.807) is 0 Å². The van der Waals surface area contributed by atoms with Crippen molar-refractivity contribution in [3.05, 3.63) is 82.4 Å². The van der Waals surface area contributed by atoms with Gasteiger partial charge in [0.15, 0.2) is 5.11 Å². The van der Waals surface area contributed by atoms with Crippen molar-refractivity contribution in [3.8, 4) is 0 Å². The molecule has 1 aliphatic heterocycles. The van der Waals surface area contributed by atoms with Crippen molar-refractivity contribution in [2.24, 2.45) is 0 Å². The first-order chi connectivity index (χ1) is 14.3. The minimum atomic E-state index is -0.0126. The molecule has 0 amide bonds. The van der Waals surface area contributed by atoms with Crippen molar-refractivity contribution in [2.45, 2.75) is 59.7 Å². The molecule has 4 nitrogen and oxygen atoms in total. The molecule has 30 heavy (non-hydrogen) atoms. The number of hydrogen-bond donors (Lipinski definition) is 1. The Labute approximate surface area is 184 Å². The van der Waals surface area contributed by atoms with Gasteiger partial charge in [-0.15, -0.1) is 0 Å². The van der Waals surface area contributed by atoms with E-state index in [4.69, 9.17) is 12.2 Å². The molecule has 2 aromatic heterocycles. The van der Waals surface area contributed by atoms with E-state index in [0.29, 0.717) is 6.04 Å². The molecule has 0 spiro atoms. The van der Waals surface area contributed by atoms with Crippen LogP contribution in [0.5, 0.6) is 0 Å². The summed E-state index contributed by atoms with van der Waals surface area (Å²) in [5, 5.41) is 4.32. The second kappa shape index (κ2) is 7.88. The van der Waals surface area contributed by atoms with Gasteiger partial charge in [0.05, 0.1) is 17.8 Å². The van der Waals surface area contributed by atoms with Gasteiger partial charge in [-0.25, -0.2) is 0 Å². The number of nitrogens with zero attached hydrogens (tertiary/aromatic N) is 3. The summed E-state index contributed by atoms with van der Waals surface area (Å²) in [5.74, 6) is 0. The average Bonchev–Trinajstić information content (AvgIpc) is 3.20. The lowest BCUT2D eigenvalue weighted by atomic mass is 9.96. The summed E-state index contributed by atoms with van der Waals surface area (Å²) in [6, 6.07) is 15.4. The Balaban J connectivity index is 1.90. The molecule has 4 rings (SSSR count). The number of aryl methyl sites for hydroxylation is 3. The van der Waals surface area contributed by atoms with Crippen LogP contribution in [0.4, 0.5) is 5.69 Å². The normalized spacial score (nSPS) is 18.9. The summed E-state index contributed by atoms with van der Waals surface area (Å²) in [6.07, 6.45) is 1.85. The minimum Gasteiger partial charge on any atom is -0.351 e. The van der Waals surface area contributed by atoms with Gasteiger partial charge in [-0.3, -0.25) is 4.98 Å². The lowest BCUT2D eigenvalue weighted by Crippen LogP contribution is -2.29. The van der Waals surface area contributed by atoms with Gasteiger partial charge in [0.2, 0.25) is 0 Å². The number of aromatic nitrogens is 2. The second-order valence-corrected chi connectivity index (χ2v) is 8.94. The topological polar surface area (TPSA) is 33.1 Å². The van der Waals surface area contributed by atoms with Crippen LogP contribution in [0, 0.1) is 27.7 Å². The Morgan fingerprint density at radius 1 is 1.00 bits per heavy atom. The zero-order valence-corrected chi connectivity index (χ0v) is 19.4. The first-order valence-electron chi connectivity index (χ1n) is 10.6. The number of hydrogen-bond acceptors (Lipinski definition) is 2. The smallest absolute Gasteiger partial charge is 0.174 e. The van der Waals surface area contributed by atoms with Crippen LogP contribution in [0.25, 0.3) is 0 Å². The van der Waals surface area contributed by atoms with Gasteiger partial charge >= 0.3 is 0 Å². The first kappa shape index (κ1) is 20.6. The summed E-state index contributed by atoms with van der Waals surface area (Å²) in [6.45, 7) is 13.2. The molecule has 0 aliphatic carbocycles. The summed E-state index contributed by atoms with van der Waals surface area (Å²) in [4.78, 5) is 6.94. The quantitative estimate of drug-likeness (QED) is 0.537. The Morgan fingerprint density at radius 3 is 2.37 bits per heavy atom. The van der Waals surface area contributed by atoms with Crippen molar-refractivity contribution >= 4 is 23.0 Å². The monoisotopic (exact) mass is 418 g/mol. The molecular weight excluding hydrogens is 388 g/mol. The van der Waals surface area contributed by atoms with Crippen molar-refractivity contribution in [1.82, 2.24) is 14.9 Å². The minimum absolute atomic E-state index is 0.0126. The summed E-state index contributed by atoms with van der Waals surface area (Å²) < 4.78 is 2.41. The number of nitrogens with one attached hydrogen (secondary N) is 1. The Hall–Kier alpha value is -2.66. The van der Waals surface area contributed by atoms with Gasteiger partial charge in [-0.2, -0.15) is 0 Å². The summed E-state index contributed by atoms with van der Waals surface area (Å²) in [7, 11) is 0. The van der Waals surface area contributed by atoms with E-state index in [0.717, 1.165) is 16.5 Å². The fourth-order valence-corrected chi connectivity index (χ4v) is 5.07. The van der Waals surface area contributed by atoms with Crippen LogP contribution in [-0.4, -0.2) is 14.7 Å². The summed E-state index contributed by atoms with van der Waals surface area (Å²) in [5.41, 5.74) is 8.53. The van der Waals surface area contributed by atoms with E-state index in [-0.39, 0.29) is 12.1 Å². The van der Waals surface area contributed by atoms with E-state index in [1.807, 2.05) is 18.3 Å². The van der Waals surface area contributed by atoms with Crippen LogP contribution in [0.1, 0.15) is 65.7 Å². The van der Waals surface area contributed by atoms with E-state index in [9.17, 15) is 0 Å². The van der Waals surface area contributed by atoms with Crippen molar-refractivity contribution in [1.29, 1.82) is 0 Å². The van der Waals surface area contributed by atoms with Crippen LogP contribution >= 0.6 is 12.2 Å².